The molecule has 0 atom stereocenters. The van der Waals surface area contributed by atoms with Gasteiger partial charge in [0.1, 0.15) is 0 Å². The van der Waals surface area contributed by atoms with Crippen molar-refractivity contribution >= 4 is 75.1 Å². The van der Waals surface area contributed by atoms with Crippen LogP contribution in [0.4, 0.5) is 0 Å². The second-order valence-corrected chi connectivity index (χ2v) is 17.0. The summed E-state index contributed by atoms with van der Waals surface area (Å²) >= 11 is 1.83. The smallest absolute Gasteiger partial charge is 0.164 e. The minimum absolute atomic E-state index is 0.636. The highest BCUT2D eigenvalue weighted by molar-refractivity contribution is 7.26. The maximum Gasteiger partial charge on any atom is 0.164 e. The van der Waals surface area contributed by atoms with Crippen LogP contribution in [-0.4, -0.2) is 24.1 Å². The predicted octanol–water partition coefficient (Wildman–Crippen LogP) is 15.1. The summed E-state index contributed by atoms with van der Waals surface area (Å²) in [5.74, 6) is 1.92. The fourth-order valence-electron chi connectivity index (χ4n) is 9.60. The van der Waals surface area contributed by atoms with Crippen molar-refractivity contribution in [1.82, 2.24) is 24.1 Å². The third-order valence-electron chi connectivity index (χ3n) is 12.4. The molecule has 0 spiro atoms. The number of rotatable bonds is 6. The molecule has 0 aliphatic carbocycles. The molecular formula is C57H35N5S. The van der Waals surface area contributed by atoms with Gasteiger partial charge in [-0.05, 0) is 53.6 Å². The van der Waals surface area contributed by atoms with Crippen LogP contribution in [-0.2, 0) is 0 Å². The van der Waals surface area contributed by atoms with E-state index in [1.807, 2.05) is 35.6 Å². The maximum absolute atomic E-state index is 5.30. The zero-order valence-electron chi connectivity index (χ0n) is 33.9. The average molecular weight is 822 g/mol. The van der Waals surface area contributed by atoms with Gasteiger partial charge in [-0.1, -0.05) is 170 Å². The molecule has 0 fully saturated rings. The van der Waals surface area contributed by atoms with E-state index < -0.39 is 0 Å². The minimum Gasteiger partial charge on any atom is -0.307 e. The van der Waals surface area contributed by atoms with Crippen molar-refractivity contribution in [3.8, 4) is 56.7 Å². The maximum atomic E-state index is 5.30. The first-order valence-corrected chi connectivity index (χ1v) is 22.0. The molecular weight excluding hydrogens is 787 g/mol. The lowest BCUT2D eigenvalue weighted by molar-refractivity contribution is 1.08. The second-order valence-electron chi connectivity index (χ2n) is 16.0. The quantitative estimate of drug-likeness (QED) is 0.168. The molecule has 0 amide bonds. The van der Waals surface area contributed by atoms with E-state index in [1.54, 1.807) is 0 Å². The van der Waals surface area contributed by atoms with E-state index in [1.165, 1.54) is 58.4 Å². The standard InChI is InChI=1S/C57H35N5S/c1-4-17-36(18-5-1)38-21-14-22-39(35-38)56-58-55(37-19-6-2-7-20-37)59-57(60-56)46-28-16-32-50-51(46)45-34-33-44-43-27-15-31-49(52(43)61(53(44)54(45)63-50)40-23-8-3-9-24-40)62-47-29-12-10-25-41(47)42-26-11-13-30-48(42)62/h1-35H. The highest BCUT2D eigenvalue weighted by atomic mass is 32.1. The molecule has 13 rings (SSSR count). The third kappa shape index (κ3) is 5.59. The molecule has 0 saturated heterocycles. The molecule has 4 heterocycles. The largest absolute Gasteiger partial charge is 0.307 e. The SMILES string of the molecule is c1ccc(-c2cccc(-c3nc(-c4ccccc4)nc(-c4cccc5sc6c(ccc7c8cccc(-n9c%10ccccc%10c%10ccccc%109)c8n(-c8ccccc8)c76)c45)n3)c2)cc1. The van der Waals surface area contributed by atoms with Crippen LogP contribution in [0.2, 0.25) is 0 Å². The van der Waals surface area contributed by atoms with Crippen molar-refractivity contribution in [2.24, 2.45) is 0 Å². The average Bonchev–Trinajstić information content (AvgIpc) is 4.03. The second kappa shape index (κ2) is 14.2. The molecule has 0 saturated carbocycles. The highest BCUT2D eigenvalue weighted by Crippen LogP contribution is 2.47. The summed E-state index contributed by atoms with van der Waals surface area (Å²) in [6.45, 7) is 0. The first-order chi connectivity index (χ1) is 31.3. The fraction of sp³-hybridized carbons (Fsp3) is 0. The molecule has 4 aromatic heterocycles. The Morgan fingerprint density at radius 3 is 1.63 bits per heavy atom. The number of hydrogen-bond acceptors (Lipinski definition) is 4. The normalized spacial score (nSPS) is 11.8. The van der Waals surface area contributed by atoms with E-state index in [-0.39, 0.29) is 0 Å². The van der Waals surface area contributed by atoms with Crippen LogP contribution in [0.1, 0.15) is 0 Å². The molecule has 9 aromatic carbocycles. The molecule has 63 heavy (non-hydrogen) atoms. The van der Waals surface area contributed by atoms with E-state index >= 15 is 0 Å². The molecule has 0 radical (unpaired) electrons. The van der Waals surface area contributed by atoms with Gasteiger partial charge in [0.2, 0.25) is 0 Å². The summed E-state index contributed by atoms with van der Waals surface area (Å²) < 4.78 is 7.34. The summed E-state index contributed by atoms with van der Waals surface area (Å²) in [6.07, 6.45) is 0. The van der Waals surface area contributed by atoms with Gasteiger partial charge in [0.15, 0.2) is 17.5 Å². The summed E-state index contributed by atoms with van der Waals surface area (Å²) in [7, 11) is 0. The number of benzene rings is 9. The summed E-state index contributed by atoms with van der Waals surface area (Å²) in [6, 6.07) is 75.4. The zero-order valence-corrected chi connectivity index (χ0v) is 34.7. The lowest BCUT2D eigenvalue weighted by Crippen LogP contribution is -2.00. The Morgan fingerprint density at radius 1 is 0.349 bits per heavy atom. The van der Waals surface area contributed by atoms with Gasteiger partial charge in [0, 0.05) is 59.4 Å². The lowest BCUT2D eigenvalue weighted by Gasteiger charge is -2.14. The number of thiophene rings is 1. The zero-order chi connectivity index (χ0) is 41.4. The van der Waals surface area contributed by atoms with Crippen molar-refractivity contribution in [1.29, 1.82) is 0 Å². The van der Waals surface area contributed by atoms with Gasteiger partial charge >= 0.3 is 0 Å². The first kappa shape index (κ1) is 35.6. The van der Waals surface area contributed by atoms with Crippen LogP contribution < -0.4 is 0 Å². The molecule has 0 aliphatic rings. The molecule has 0 unspecified atom stereocenters. The van der Waals surface area contributed by atoms with Gasteiger partial charge in [-0.15, -0.1) is 11.3 Å². The van der Waals surface area contributed by atoms with E-state index in [0.717, 1.165) is 44.6 Å². The third-order valence-corrected chi connectivity index (χ3v) is 13.5. The van der Waals surface area contributed by atoms with Gasteiger partial charge in [0.25, 0.3) is 0 Å². The van der Waals surface area contributed by atoms with E-state index in [9.17, 15) is 0 Å². The van der Waals surface area contributed by atoms with Crippen molar-refractivity contribution in [3.05, 3.63) is 212 Å². The fourth-order valence-corrected chi connectivity index (χ4v) is 10.9. The number of aromatic nitrogens is 5. The summed E-state index contributed by atoms with van der Waals surface area (Å²) in [5.41, 5.74) is 12.1. The van der Waals surface area contributed by atoms with Crippen LogP contribution in [0, 0.1) is 0 Å². The molecule has 0 aliphatic heterocycles. The van der Waals surface area contributed by atoms with Crippen LogP contribution >= 0.6 is 11.3 Å². The van der Waals surface area contributed by atoms with E-state index in [0.29, 0.717) is 17.5 Å². The highest BCUT2D eigenvalue weighted by Gasteiger charge is 2.24. The van der Waals surface area contributed by atoms with Gasteiger partial charge in [0.05, 0.1) is 32.5 Å². The Morgan fingerprint density at radius 2 is 0.889 bits per heavy atom. The Bertz CT molecular complexity index is 3850. The molecule has 294 valence electrons. The van der Waals surface area contributed by atoms with Gasteiger partial charge in [-0.25, -0.2) is 15.0 Å². The lowest BCUT2D eigenvalue weighted by atomic mass is 10.0. The molecule has 13 aromatic rings. The Hall–Kier alpha value is -8.19. The van der Waals surface area contributed by atoms with Crippen LogP contribution in [0.5, 0.6) is 0 Å². The molecule has 6 heteroatoms. The number of nitrogens with zero attached hydrogens (tertiary/aromatic N) is 5. The van der Waals surface area contributed by atoms with E-state index in [4.69, 9.17) is 15.0 Å². The van der Waals surface area contributed by atoms with Crippen molar-refractivity contribution < 1.29 is 0 Å². The summed E-state index contributed by atoms with van der Waals surface area (Å²) in [4.78, 5) is 15.7. The van der Waals surface area contributed by atoms with Crippen LogP contribution in [0.15, 0.2) is 212 Å². The number of hydrogen-bond donors (Lipinski definition) is 0. The van der Waals surface area contributed by atoms with Gasteiger partial charge in [-0.2, -0.15) is 0 Å². The van der Waals surface area contributed by atoms with Crippen molar-refractivity contribution in [3.63, 3.8) is 0 Å². The molecule has 0 N–H and O–H groups in total. The van der Waals surface area contributed by atoms with Gasteiger partial charge in [-0.3, -0.25) is 0 Å². The number of fused-ring (bicyclic) bond motifs is 10. The molecule has 5 nitrogen and oxygen atoms in total. The Labute approximate surface area is 366 Å². The molecule has 0 bridgehead atoms. The minimum atomic E-state index is 0.636. The van der Waals surface area contributed by atoms with Crippen LogP contribution in [0.3, 0.4) is 0 Å². The Kier molecular flexibility index (Phi) is 8.01. The van der Waals surface area contributed by atoms with Crippen LogP contribution in [0.25, 0.3) is 120 Å². The van der Waals surface area contributed by atoms with Crippen molar-refractivity contribution in [2.45, 2.75) is 0 Å². The monoisotopic (exact) mass is 821 g/mol. The van der Waals surface area contributed by atoms with Gasteiger partial charge < -0.3 is 9.13 Å². The summed E-state index contributed by atoms with van der Waals surface area (Å²) in [5, 5.41) is 7.22. The Balaban J connectivity index is 1.09. The predicted molar refractivity (Wildman–Crippen MR) is 263 cm³/mol. The van der Waals surface area contributed by atoms with E-state index in [2.05, 4.69) is 197 Å². The van der Waals surface area contributed by atoms with Crippen molar-refractivity contribution in [2.75, 3.05) is 0 Å². The first-order valence-electron chi connectivity index (χ1n) is 21.2. The number of para-hydroxylation sites is 4. The topological polar surface area (TPSA) is 48.5 Å².